The van der Waals surface area contributed by atoms with Crippen LogP contribution in [0.5, 0.6) is 0 Å². The second-order valence-electron chi connectivity index (χ2n) is 9.44. The van der Waals surface area contributed by atoms with Crippen molar-refractivity contribution in [2.24, 2.45) is 5.92 Å². The van der Waals surface area contributed by atoms with Crippen LogP contribution in [0.4, 0.5) is 5.82 Å². The molecule has 2 heterocycles. The molecular weight excluding hydrogens is 448 g/mol. The van der Waals surface area contributed by atoms with Crippen molar-refractivity contribution in [1.29, 1.82) is 5.26 Å². The normalized spacial score (nSPS) is 20.5. The Labute approximate surface area is 208 Å². The molecule has 1 aliphatic rings. The average Bonchev–Trinajstić information content (AvgIpc) is 3.22. The summed E-state index contributed by atoms with van der Waals surface area (Å²) in [7, 11) is 0. The van der Waals surface area contributed by atoms with E-state index in [-0.39, 0.29) is 12.2 Å². The molecule has 0 radical (unpaired) electrons. The number of H-pyrrole nitrogens is 1. The first-order valence-electron chi connectivity index (χ1n) is 13.2. The summed E-state index contributed by atoms with van der Waals surface area (Å²) in [6.45, 7) is 1.83. The molecule has 1 aromatic heterocycles. The van der Waals surface area contributed by atoms with Crippen LogP contribution < -0.4 is 10.6 Å². The van der Waals surface area contributed by atoms with Gasteiger partial charge in [0.05, 0.1) is 18.8 Å². The number of rotatable bonds is 17. The van der Waals surface area contributed by atoms with Crippen molar-refractivity contribution in [3.05, 3.63) is 22.7 Å². The highest BCUT2D eigenvalue weighted by Gasteiger charge is 2.41. The summed E-state index contributed by atoms with van der Waals surface area (Å²) in [4.78, 5) is 32.5. The minimum Gasteiger partial charge on any atom is -0.394 e. The molecule has 3 N–H and O–H groups in total. The van der Waals surface area contributed by atoms with Crippen LogP contribution in [0.15, 0.2) is 17.1 Å². The predicted octanol–water partition coefficient (Wildman–Crippen LogP) is 3.80. The lowest BCUT2D eigenvalue weighted by molar-refractivity contribution is -0.124. The zero-order valence-electron chi connectivity index (χ0n) is 21.0. The molecule has 1 unspecified atom stereocenters. The van der Waals surface area contributed by atoms with E-state index < -0.39 is 42.6 Å². The number of nitriles is 1. The SMILES string of the molecule is CCCCCCCCCCCCCCC(C#N)C(=O)N(c1cc[nH]c(=O)n1)[C@H]1C[C@H](O)[C@@H](CO)O1. The molecule has 0 saturated carbocycles. The molecule has 1 fully saturated rings. The van der Waals surface area contributed by atoms with Crippen LogP contribution in [0.25, 0.3) is 0 Å². The molecule has 2 rings (SSSR count). The molecular formula is C26H42N4O5. The predicted molar refractivity (Wildman–Crippen MR) is 134 cm³/mol. The fourth-order valence-corrected chi connectivity index (χ4v) is 4.54. The van der Waals surface area contributed by atoms with Gasteiger partial charge in [0.2, 0.25) is 5.91 Å². The molecule has 9 heteroatoms. The number of unbranched alkanes of at least 4 members (excludes halogenated alkanes) is 11. The average molecular weight is 491 g/mol. The van der Waals surface area contributed by atoms with Crippen LogP contribution in [0.2, 0.25) is 0 Å². The van der Waals surface area contributed by atoms with E-state index in [2.05, 4.69) is 23.0 Å². The Kier molecular flexibility index (Phi) is 13.6. The number of nitrogens with one attached hydrogen (secondary N) is 1. The molecule has 1 aromatic rings. The molecule has 1 saturated heterocycles. The number of aliphatic hydroxyl groups excluding tert-OH is 2. The van der Waals surface area contributed by atoms with E-state index >= 15 is 0 Å². The van der Waals surface area contributed by atoms with Gasteiger partial charge in [0.15, 0.2) is 0 Å². The third-order valence-corrected chi connectivity index (χ3v) is 6.61. The largest absolute Gasteiger partial charge is 0.394 e. The van der Waals surface area contributed by atoms with E-state index in [0.29, 0.717) is 6.42 Å². The van der Waals surface area contributed by atoms with Crippen molar-refractivity contribution in [3.63, 3.8) is 0 Å². The maximum absolute atomic E-state index is 13.3. The monoisotopic (exact) mass is 490 g/mol. The standard InChI is InChI=1S/C26H42N4O5/c1-2-3-4-5-6-7-8-9-10-11-12-13-14-20(18-27)25(33)30(23-15-16-28-26(34)29-23)24-17-21(32)22(19-31)35-24/h15-16,20-22,24,31-32H,2-14,17,19H2,1H3,(H,28,29,34)/t20?,21-,22+,24+/m0/s1. The van der Waals surface area contributed by atoms with Crippen molar-refractivity contribution in [1.82, 2.24) is 9.97 Å². The quantitative estimate of drug-likeness (QED) is 0.282. The summed E-state index contributed by atoms with van der Waals surface area (Å²) >= 11 is 0. The number of carbonyl (C=O) groups is 1. The van der Waals surface area contributed by atoms with Crippen molar-refractivity contribution in [3.8, 4) is 6.07 Å². The Morgan fingerprint density at radius 3 is 2.29 bits per heavy atom. The van der Waals surface area contributed by atoms with Gasteiger partial charge >= 0.3 is 5.69 Å². The second-order valence-corrected chi connectivity index (χ2v) is 9.44. The van der Waals surface area contributed by atoms with Crippen LogP contribution in [-0.4, -0.2) is 51.1 Å². The Morgan fingerprint density at radius 1 is 1.17 bits per heavy atom. The number of carbonyl (C=O) groups excluding carboxylic acids is 1. The molecule has 4 atom stereocenters. The van der Waals surface area contributed by atoms with Crippen molar-refractivity contribution in [2.45, 2.75) is 115 Å². The third kappa shape index (κ3) is 9.71. The van der Waals surface area contributed by atoms with Gasteiger partial charge in [-0.3, -0.25) is 9.69 Å². The van der Waals surface area contributed by atoms with Crippen LogP contribution in [0, 0.1) is 17.2 Å². The number of hydrogen-bond donors (Lipinski definition) is 3. The summed E-state index contributed by atoms with van der Waals surface area (Å²) in [5.74, 6) is -1.36. The van der Waals surface area contributed by atoms with Crippen LogP contribution in [-0.2, 0) is 9.53 Å². The topological polar surface area (TPSA) is 140 Å². The first kappa shape index (κ1) is 29.0. The van der Waals surface area contributed by atoms with Gasteiger partial charge in [-0.15, -0.1) is 0 Å². The summed E-state index contributed by atoms with van der Waals surface area (Å²) in [6.07, 6.45) is 13.5. The maximum Gasteiger partial charge on any atom is 0.346 e. The molecule has 9 nitrogen and oxygen atoms in total. The molecule has 1 amide bonds. The van der Waals surface area contributed by atoms with Gasteiger partial charge in [-0.1, -0.05) is 84.0 Å². The van der Waals surface area contributed by atoms with E-state index in [1.165, 1.54) is 75.0 Å². The number of anilines is 1. The van der Waals surface area contributed by atoms with E-state index in [9.17, 15) is 25.1 Å². The first-order valence-corrected chi connectivity index (χ1v) is 13.2. The van der Waals surface area contributed by atoms with Gasteiger partial charge in [-0.25, -0.2) is 4.79 Å². The molecule has 0 aromatic carbocycles. The van der Waals surface area contributed by atoms with Crippen molar-refractivity contribution in [2.75, 3.05) is 11.5 Å². The minimum atomic E-state index is -0.959. The molecule has 0 spiro atoms. The number of aliphatic hydroxyl groups is 2. The van der Waals surface area contributed by atoms with Crippen LogP contribution in [0.1, 0.15) is 96.8 Å². The molecule has 1 aliphatic heterocycles. The minimum absolute atomic E-state index is 0.0577. The van der Waals surface area contributed by atoms with Gasteiger partial charge in [0.25, 0.3) is 0 Å². The second kappa shape index (κ2) is 16.4. The highest BCUT2D eigenvalue weighted by atomic mass is 16.5. The molecule has 0 aliphatic carbocycles. The van der Waals surface area contributed by atoms with E-state index in [4.69, 9.17) is 4.74 Å². The van der Waals surface area contributed by atoms with Crippen LogP contribution >= 0.6 is 0 Å². The Balaban J connectivity index is 1.82. The number of amides is 1. The number of hydrogen-bond acceptors (Lipinski definition) is 7. The maximum atomic E-state index is 13.3. The van der Waals surface area contributed by atoms with Gasteiger partial charge in [0, 0.05) is 12.6 Å². The van der Waals surface area contributed by atoms with Crippen LogP contribution in [0.3, 0.4) is 0 Å². The summed E-state index contributed by atoms with van der Waals surface area (Å²) in [5.41, 5.74) is -0.632. The van der Waals surface area contributed by atoms with Crippen molar-refractivity contribution >= 4 is 11.7 Å². The Bertz CT molecular complexity index is 840. The van der Waals surface area contributed by atoms with Gasteiger partial charge < -0.3 is 19.9 Å². The lowest BCUT2D eigenvalue weighted by atomic mass is 9.99. The van der Waals surface area contributed by atoms with E-state index in [1.54, 1.807) is 0 Å². The number of nitrogens with zero attached hydrogens (tertiary/aromatic N) is 3. The van der Waals surface area contributed by atoms with Crippen molar-refractivity contribution < 1.29 is 19.7 Å². The summed E-state index contributed by atoms with van der Waals surface area (Å²) in [6, 6.07) is 3.55. The smallest absolute Gasteiger partial charge is 0.346 e. The lowest BCUT2D eigenvalue weighted by Gasteiger charge is -2.29. The Hall–Kier alpha value is -2.28. The fraction of sp³-hybridized carbons (Fsp3) is 0.769. The number of aromatic amines is 1. The molecule has 35 heavy (non-hydrogen) atoms. The summed E-state index contributed by atoms with van der Waals surface area (Å²) < 4.78 is 5.66. The van der Waals surface area contributed by atoms with Gasteiger partial charge in [-0.05, 0) is 12.5 Å². The highest BCUT2D eigenvalue weighted by molar-refractivity contribution is 5.96. The lowest BCUT2D eigenvalue weighted by Crippen LogP contribution is -2.45. The zero-order valence-corrected chi connectivity index (χ0v) is 21.0. The highest BCUT2D eigenvalue weighted by Crippen LogP contribution is 2.28. The third-order valence-electron chi connectivity index (χ3n) is 6.61. The molecule has 196 valence electrons. The first-order chi connectivity index (χ1) is 17.0. The number of aromatic nitrogens is 2. The Morgan fingerprint density at radius 2 is 1.77 bits per heavy atom. The summed E-state index contributed by atoms with van der Waals surface area (Å²) in [5, 5.41) is 29.2. The van der Waals surface area contributed by atoms with Gasteiger partial charge in [-0.2, -0.15) is 10.2 Å². The zero-order chi connectivity index (χ0) is 25.5. The fourth-order valence-electron chi connectivity index (χ4n) is 4.54. The van der Waals surface area contributed by atoms with E-state index in [1.807, 2.05) is 0 Å². The van der Waals surface area contributed by atoms with E-state index in [0.717, 1.165) is 19.3 Å². The van der Waals surface area contributed by atoms with Gasteiger partial charge in [0.1, 0.15) is 24.1 Å². The molecule has 0 bridgehead atoms. The number of ether oxygens (including phenoxy) is 1.